The number of hydrogen-bond donors (Lipinski definition) is 0. The van der Waals surface area contributed by atoms with Gasteiger partial charge in [-0.1, -0.05) is 77.7 Å². The number of aryl methyl sites for hydroxylation is 2. The van der Waals surface area contributed by atoms with Crippen LogP contribution < -0.4 is 0 Å². The predicted octanol–water partition coefficient (Wildman–Crippen LogP) is 9.69. The van der Waals surface area contributed by atoms with E-state index < -0.39 is 54.2 Å². The highest BCUT2D eigenvalue weighted by atomic mass is 32.5. The molecule has 1 aromatic rings. The Bertz CT molecular complexity index is 626. The van der Waals surface area contributed by atoms with Gasteiger partial charge in [0.25, 0.3) is 0 Å². The van der Waals surface area contributed by atoms with E-state index in [0.717, 1.165) is 0 Å². The zero-order chi connectivity index (χ0) is 20.8. The molecule has 0 aromatic heterocycles. The third-order valence-electron chi connectivity index (χ3n) is 3.65. The summed E-state index contributed by atoms with van der Waals surface area (Å²) in [5.41, 5.74) is -2.90. The van der Waals surface area contributed by atoms with Crippen molar-refractivity contribution in [1.82, 2.24) is 0 Å². The van der Waals surface area contributed by atoms with Crippen LogP contribution in [0.5, 0.6) is 0 Å². The molecule has 0 radical (unpaired) electrons. The van der Waals surface area contributed by atoms with E-state index in [1.54, 1.807) is 0 Å². The molecule has 26 heavy (non-hydrogen) atoms. The highest BCUT2D eigenvalue weighted by Crippen LogP contribution is 3.10. The number of halogens is 10. The Morgan fingerprint density at radius 1 is 0.577 bits per heavy atom. The van der Waals surface area contributed by atoms with Crippen LogP contribution in [0, 0.1) is 0 Å². The molecule has 0 nitrogen and oxygen atoms in total. The van der Waals surface area contributed by atoms with Crippen LogP contribution in [0.2, 0.25) is 0 Å². The fraction of sp³-hybridized carbons (Fsp3) is 0.571. The highest BCUT2D eigenvalue weighted by Gasteiger charge is 2.76. The van der Waals surface area contributed by atoms with Gasteiger partial charge in [-0.3, -0.25) is 0 Å². The molecular weight excluding hydrogens is 422 g/mol. The molecule has 12 heteroatoms. The van der Waals surface area contributed by atoms with Gasteiger partial charge in [0.05, 0.1) is 0 Å². The second-order valence-electron chi connectivity index (χ2n) is 6.19. The Morgan fingerprint density at radius 2 is 0.846 bits per heavy atom. The van der Waals surface area contributed by atoms with E-state index in [0.29, 0.717) is 12.1 Å². The summed E-state index contributed by atoms with van der Waals surface area (Å²) < 4.78 is 135. The zero-order valence-corrected chi connectivity index (χ0v) is 15.6. The minimum Gasteiger partial charge on any atom is -0.0936 e. The summed E-state index contributed by atoms with van der Waals surface area (Å²) in [6, 6.07) is 0.918. The van der Waals surface area contributed by atoms with Crippen LogP contribution in [-0.4, -0.2) is 0 Å². The molecule has 1 aromatic carbocycles. The molecule has 0 spiro atoms. The molecule has 0 heterocycles. The van der Waals surface area contributed by atoms with E-state index >= 15 is 0 Å². The predicted molar refractivity (Wildman–Crippen MR) is 86.5 cm³/mol. The molecule has 0 aliphatic heterocycles. The summed E-state index contributed by atoms with van der Waals surface area (Å²) in [6.07, 6.45) is -1.57. The van der Waals surface area contributed by atoms with Gasteiger partial charge < -0.3 is 0 Å². The van der Waals surface area contributed by atoms with Crippen LogP contribution in [-0.2, 0) is 12.8 Å². The average Bonchev–Trinajstić information content (AvgIpc) is 2.37. The minimum absolute atomic E-state index is 0.158. The standard InChI is InChI=1S/C14H20F10S2/c1-3-5-7-11-9-10-12(8-6-4-2)14(26(20,21,22,23)24)13(11)25(15,16,17,18)19/h9-10H,3-8H2,1-2H3. The first-order chi connectivity index (χ1) is 11.1. The molecular formula is C14H20F10S2. The monoisotopic (exact) mass is 442 g/mol. The molecule has 0 aliphatic carbocycles. The smallest absolute Gasteiger partial charge is 0.0936 e. The van der Waals surface area contributed by atoms with Gasteiger partial charge >= 0.3 is 20.4 Å². The van der Waals surface area contributed by atoms with Crippen molar-refractivity contribution in [3.63, 3.8) is 0 Å². The average molecular weight is 442 g/mol. The van der Waals surface area contributed by atoms with E-state index in [-0.39, 0.29) is 25.7 Å². The van der Waals surface area contributed by atoms with Crippen LogP contribution in [0.3, 0.4) is 0 Å². The number of rotatable bonds is 8. The van der Waals surface area contributed by atoms with Crippen molar-refractivity contribution in [3.8, 4) is 0 Å². The van der Waals surface area contributed by atoms with E-state index in [9.17, 15) is 38.9 Å². The molecule has 0 saturated heterocycles. The highest BCUT2D eigenvalue weighted by molar-refractivity contribution is 8.48. The molecule has 0 amide bonds. The van der Waals surface area contributed by atoms with E-state index in [2.05, 4.69) is 0 Å². The lowest BCUT2D eigenvalue weighted by molar-refractivity contribution is 0.332. The lowest BCUT2D eigenvalue weighted by atomic mass is 10.0. The number of unbranched alkanes of at least 4 members (excludes halogenated alkanes) is 2. The second-order valence-corrected chi connectivity index (χ2v) is 10.9. The van der Waals surface area contributed by atoms with Crippen molar-refractivity contribution < 1.29 is 38.9 Å². The summed E-state index contributed by atoms with van der Waals surface area (Å²) in [7, 11) is -22.1. The van der Waals surface area contributed by atoms with Crippen LogP contribution in [0.25, 0.3) is 0 Å². The first-order valence-electron chi connectivity index (χ1n) is 7.73. The quantitative estimate of drug-likeness (QED) is 0.352. The Balaban J connectivity index is 4.10. The molecule has 0 bridgehead atoms. The maximum absolute atomic E-state index is 13.5. The molecule has 0 N–H and O–H groups in total. The van der Waals surface area contributed by atoms with Crippen molar-refractivity contribution in [2.75, 3.05) is 0 Å². The summed E-state index contributed by atoms with van der Waals surface area (Å²) in [5.74, 6) is 0. The first kappa shape index (κ1) is 23.3. The van der Waals surface area contributed by atoms with E-state index in [1.807, 2.05) is 0 Å². The second kappa shape index (κ2) is 5.39. The van der Waals surface area contributed by atoms with Crippen molar-refractivity contribution in [1.29, 1.82) is 0 Å². The maximum Gasteiger partial charge on any atom is 0.312 e. The molecule has 158 valence electrons. The molecule has 0 unspecified atom stereocenters. The van der Waals surface area contributed by atoms with Gasteiger partial charge in [-0.05, 0) is 36.8 Å². The maximum atomic E-state index is 13.5. The summed E-state index contributed by atoms with van der Waals surface area (Å²) in [6.45, 7) is 2.95. The van der Waals surface area contributed by atoms with Crippen molar-refractivity contribution in [2.45, 2.75) is 62.2 Å². The van der Waals surface area contributed by atoms with Gasteiger partial charge in [0.2, 0.25) is 0 Å². The first-order valence-corrected chi connectivity index (χ1v) is 11.6. The fourth-order valence-electron chi connectivity index (χ4n) is 2.62. The van der Waals surface area contributed by atoms with Crippen molar-refractivity contribution in [3.05, 3.63) is 23.3 Å². The summed E-state index contributed by atoms with van der Waals surface area (Å²) >= 11 is 0. The van der Waals surface area contributed by atoms with Crippen LogP contribution >= 0.6 is 20.4 Å². The van der Waals surface area contributed by atoms with Crippen LogP contribution in [0.4, 0.5) is 38.9 Å². The van der Waals surface area contributed by atoms with Gasteiger partial charge in [-0.15, -0.1) is 0 Å². The lowest BCUT2D eigenvalue weighted by Crippen LogP contribution is -2.20. The van der Waals surface area contributed by atoms with Gasteiger partial charge in [-0.25, -0.2) is 0 Å². The Kier molecular flexibility index (Phi) is 4.82. The van der Waals surface area contributed by atoms with Gasteiger partial charge in [0, 0.05) is 0 Å². The Morgan fingerprint density at radius 3 is 1.04 bits per heavy atom. The molecule has 0 fully saturated rings. The van der Waals surface area contributed by atoms with E-state index in [4.69, 9.17) is 0 Å². The normalized spacial score (nSPS) is 18.6. The number of benzene rings is 1. The Hall–Kier alpha value is -0.780. The summed E-state index contributed by atoms with van der Waals surface area (Å²) in [5, 5.41) is 0. The Labute approximate surface area is 145 Å². The molecule has 0 atom stereocenters. The van der Waals surface area contributed by atoms with Crippen LogP contribution in [0.15, 0.2) is 21.9 Å². The topological polar surface area (TPSA) is 0 Å². The number of hydrogen-bond acceptors (Lipinski definition) is 0. The third kappa shape index (κ3) is 5.86. The lowest BCUT2D eigenvalue weighted by Gasteiger charge is -2.49. The minimum atomic E-state index is -11.1. The van der Waals surface area contributed by atoms with Crippen LogP contribution in [0.1, 0.15) is 50.7 Å². The van der Waals surface area contributed by atoms with Crippen molar-refractivity contribution >= 4 is 20.4 Å². The van der Waals surface area contributed by atoms with E-state index in [1.165, 1.54) is 13.8 Å². The fourth-order valence-corrected chi connectivity index (χ4v) is 5.86. The molecule has 0 saturated carbocycles. The summed E-state index contributed by atoms with van der Waals surface area (Å²) in [4.78, 5) is -6.93. The SMILES string of the molecule is CCCCc1ccc(CCCC)c(S(F)(F)(F)(F)F)c1S(F)(F)(F)(F)F. The molecule has 1 rings (SSSR count). The third-order valence-corrected chi connectivity index (χ3v) is 6.25. The van der Waals surface area contributed by atoms with Crippen molar-refractivity contribution in [2.24, 2.45) is 0 Å². The van der Waals surface area contributed by atoms with Gasteiger partial charge in [-0.2, -0.15) is 0 Å². The van der Waals surface area contributed by atoms with Gasteiger partial charge in [0.15, 0.2) is 0 Å². The molecule has 0 aliphatic rings. The zero-order valence-electron chi connectivity index (χ0n) is 14.0. The largest absolute Gasteiger partial charge is 0.312 e. The van der Waals surface area contributed by atoms with Gasteiger partial charge in [0.1, 0.15) is 9.79 Å².